The molecule has 0 saturated heterocycles. The van der Waals surface area contributed by atoms with Crippen LogP contribution in [0, 0.1) is 6.92 Å². The first-order chi connectivity index (χ1) is 11.5. The number of hydrogen-bond acceptors (Lipinski definition) is 3. The first kappa shape index (κ1) is 18.7. The van der Waals surface area contributed by atoms with Crippen LogP contribution in [-0.2, 0) is 14.8 Å². The van der Waals surface area contributed by atoms with Crippen LogP contribution >= 0.6 is 0 Å². The van der Waals surface area contributed by atoms with Crippen LogP contribution in [0.1, 0.15) is 44.1 Å². The fraction of sp³-hybridized carbons (Fsp3) is 0.500. The van der Waals surface area contributed by atoms with E-state index in [1.165, 1.54) is 18.4 Å². The molecule has 0 spiro atoms. The predicted octanol–water partition coefficient (Wildman–Crippen LogP) is 2.67. The lowest BCUT2D eigenvalue weighted by Crippen LogP contribution is -2.31. The van der Waals surface area contributed by atoms with Gasteiger partial charge in [-0.25, -0.2) is 13.1 Å². The minimum absolute atomic E-state index is 0.102. The van der Waals surface area contributed by atoms with E-state index in [-0.39, 0.29) is 23.8 Å². The zero-order chi connectivity index (χ0) is 17.4. The number of rotatable bonds is 8. The van der Waals surface area contributed by atoms with Crippen LogP contribution in [0.3, 0.4) is 0 Å². The van der Waals surface area contributed by atoms with Crippen molar-refractivity contribution in [3.63, 3.8) is 0 Å². The van der Waals surface area contributed by atoms with Crippen molar-refractivity contribution in [1.82, 2.24) is 10.0 Å². The lowest BCUT2D eigenvalue weighted by molar-refractivity contribution is -0.120. The van der Waals surface area contributed by atoms with Crippen molar-refractivity contribution in [2.24, 2.45) is 0 Å². The first-order valence-electron chi connectivity index (χ1n) is 8.48. The molecule has 6 heteroatoms. The van der Waals surface area contributed by atoms with Crippen molar-refractivity contribution < 1.29 is 13.2 Å². The average Bonchev–Trinajstić information content (AvgIpc) is 2.56. The second kappa shape index (κ2) is 8.99. The van der Waals surface area contributed by atoms with Gasteiger partial charge in [-0.2, -0.15) is 0 Å². The number of aryl methyl sites for hydroxylation is 1. The lowest BCUT2D eigenvalue weighted by Gasteiger charge is -2.13. The normalized spacial score (nSPS) is 15.0. The third kappa shape index (κ3) is 6.09. The van der Waals surface area contributed by atoms with Crippen LogP contribution in [0.15, 0.2) is 40.8 Å². The summed E-state index contributed by atoms with van der Waals surface area (Å²) in [7, 11) is -3.55. The fourth-order valence-corrected chi connectivity index (χ4v) is 3.71. The summed E-state index contributed by atoms with van der Waals surface area (Å²) in [6, 6.07) is 6.63. The summed E-state index contributed by atoms with van der Waals surface area (Å²) in [4.78, 5) is 12.0. The van der Waals surface area contributed by atoms with Crippen LogP contribution in [-0.4, -0.2) is 27.4 Å². The van der Waals surface area contributed by atoms with Gasteiger partial charge in [-0.3, -0.25) is 4.79 Å². The van der Waals surface area contributed by atoms with Crippen molar-refractivity contribution in [2.75, 3.05) is 13.1 Å². The van der Waals surface area contributed by atoms with Crippen molar-refractivity contribution in [3.05, 3.63) is 41.5 Å². The topological polar surface area (TPSA) is 75.3 Å². The molecule has 0 saturated carbocycles. The molecule has 0 unspecified atom stereocenters. The van der Waals surface area contributed by atoms with E-state index in [1.807, 2.05) is 6.92 Å². The summed E-state index contributed by atoms with van der Waals surface area (Å²) in [6.07, 6.45) is 8.07. The summed E-state index contributed by atoms with van der Waals surface area (Å²) in [5.41, 5.74) is 2.42. The number of sulfonamides is 1. The Bertz CT molecular complexity index is 679. The SMILES string of the molecule is Cc1ccc(S(=O)(=O)NCCC(=O)NCCC2=CCCCC2)cc1. The molecular weight excluding hydrogens is 324 g/mol. The van der Waals surface area contributed by atoms with E-state index in [1.54, 1.807) is 24.3 Å². The Balaban J connectivity index is 1.68. The number of carbonyl (C=O) groups is 1. The number of amides is 1. The van der Waals surface area contributed by atoms with Gasteiger partial charge in [-0.1, -0.05) is 29.3 Å². The molecule has 0 aromatic heterocycles. The highest BCUT2D eigenvalue weighted by Gasteiger charge is 2.13. The highest BCUT2D eigenvalue weighted by atomic mass is 32.2. The third-order valence-electron chi connectivity index (χ3n) is 4.13. The molecule has 0 heterocycles. The molecule has 2 rings (SSSR count). The fourth-order valence-electron chi connectivity index (χ4n) is 2.68. The number of carbonyl (C=O) groups excluding carboxylic acids is 1. The maximum Gasteiger partial charge on any atom is 0.240 e. The summed E-state index contributed by atoms with van der Waals surface area (Å²) in [5, 5.41) is 2.85. The van der Waals surface area contributed by atoms with Crippen LogP contribution in [0.4, 0.5) is 0 Å². The molecule has 1 amide bonds. The highest BCUT2D eigenvalue weighted by Crippen LogP contribution is 2.19. The molecule has 1 aliphatic carbocycles. The van der Waals surface area contributed by atoms with E-state index < -0.39 is 10.0 Å². The molecule has 132 valence electrons. The Labute approximate surface area is 144 Å². The second-order valence-electron chi connectivity index (χ2n) is 6.17. The van der Waals surface area contributed by atoms with E-state index >= 15 is 0 Å². The van der Waals surface area contributed by atoms with Gasteiger partial charge in [-0.15, -0.1) is 0 Å². The number of allylic oxidation sites excluding steroid dienone is 1. The van der Waals surface area contributed by atoms with E-state index in [0.717, 1.165) is 24.8 Å². The molecule has 24 heavy (non-hydrogen) atoms. The predicted molar refractivity (Wildman–Crippen MR) is 95.2 cm³/mol. The van der Waals surface area contributed by atoms with Gasteiger partial charge in [-0.05, 0) is 51.2 Å². The third-order valence-corrected chi connectivity index (χ3v) is 5.61. The lowest BCUT2D eigenvalue weighted by atomic mass is 9.97. The smallest absolute Gasteiger partial charge is 0.240 e. The van der Waals surface area contributed by atoms with E-state index in [9.17, 15) is 13.2 Å². The molecule has 0 bridgehead atoms. The molecule has 0 atom stereocenters. The average molecular weight is 350 g/mol. The molecule has 0 fully saturated rings. The Hall–Kier alpha value is -1.66. The molecule has 0 aliphatic heterocycles. The van der Waals surface area contributed by atoms with Gasteiger partial charge in [0.1, 0.15) is 0 Å². The molecule has 1 aromatic rings. The van der Waals surface area contributed by atoms with Crippen LogP contribution < -0.4 is 10.0 Å². The Morgan fingerprint density at radius 1 is 1.12 bits per heavy atom. The van der Waals surface area contributed by atoms with E-state index in [2.05, 4.69) is 16.1 Å². The molecule has 0 radical (unpaired) electrons. The molecule has 1 aromatic carbocycles. The molecule has 1 aliphatic rings. The maximum atomic E-state index is 12.1. The minimum Gasteiger partial charge on any atom is -0.356 e. The van der Waals surface area contributed by atoms with Crippen molar-refractivity contribution in [2.45, 2.75) is 50.3 Å². The zero-order valence-electron chi connectivity index (χ0n) is 14.2. The van der Waals surface area contributed by atoms with Gasteiger partial charge in [0.25, 0.3) is 0 Å². The molecule has 2 N–H and O–H groups in total. The summed E-state index contributed by atoms with van der Waals surface area (Å²) in [5.74, 6) is -0.127. The summed E-state index contributed by atoms with van der Waals surface area (Å²) < 4.78 is 26.7. The van der Waals surface area contributed by atoms with Crippen molar-refractivity contribution >= 4 is 15.9 Å². The van der Waals surface area contributed by atoms with Gasteiger partial charge < -0.3 is 5.32 Å². The zero-order valence-corrected chi connectivity index (χ0v) is 15.0. The Kier molecular flexibility index (Phi) is 6.99. The van der Waals surface area contributed by atoms with Gasteiger partial charge in [0.2, 0.25) is 15.9 Å². The van der Waals surface area contributed by atoms with Crippen LogP contribution in [0.2, 0.25) is 0 Å². The first-order valence-corrected chi connectivity index (χ1v) is 9.96. The number of nitrogens with one attached hydrogen (secondary N) is 2. The summed E-state index contributed by atoms with van der Waals surface area (Å²) >= 11 is 0. The molecular formula is C18H26N2O3S. The van der Waals surface area contributed by atoms with Crippen molar-refractivity contribution in [3.8, 4) is 0 Å². The van der Waals surface area contributed by atoms with Crippen molar-refractivity contribution in [1.29, 1.82) is 0 Å². The van der Waals surface area contributed by atoms with Gasteiger partial charge in [0.05, 0.1) is 4.90 Å². The number of benzene rings is 1. The van der Waals surface area contributed by atoms with Crippen LogP contribution in [0.25, 0.3) is 0 Å². The standard InChI is InChI=1S/C18H26N2O3S/c1-15-7-9-17(10-8-15)24(22,23)20-14-12-18(21)19-13-11-16-5-3-2-4-6-16/h5,7-10,20H,2-4,6,11-14H2,1H3,(H,19,21). The number of hydrogen-bond donors (Lipinski definition) is 2. The second-order valence-corrected chi connectivity index (χ2v) is 7.94. The van der Waals surface area contributed by atoms with Gasteiger partial charge in [0.15, 0.2) is 0 Å². The van der Waals surface area contributed by atoms with E-state index in [4.69, 9.17) is 0 Å². The summed E-state index contributed by atoms with van der Waals surface area (Å²) in [6.45, 7) is 2.62. The largest absolute Gasteiger partial charge is 0.356 e. The van der Waals surface area contributed by atoms with Gasteiger partial charge >= 0.3 is 0 Å². The van der Waals surface area contributed by atoms with E-state index in [0.29, 0.717) is 6.54 Å². The Morgan fingerprint density at radius 3 is 2.54 bits per heavy atom. The Morgan fingerprint density at radius 2 is 1.88 bits per heavy atom. The molecule has 5 nitrogen and oxygen atoms in total. The monoisotopic (exact) mass is 350 g/mol. The van der Waals surface area contributed by atoms with Gasteiger partial charge in [0, 0.05) is 19.5 Å². The van der Waals surface area contributed by atoms with Crippen LogP contribution in [0.5, 0.6) is 0 Å². The quantitative estimate of drug-likeness (QED) is 0.708. The minimum atomic E-state index is -3.55. The highest BCUT2D eigenvalue weighted by molar-refractivity contribution is 7.89. The maximum absolute atomic E-state index is 12.1.